The zero-order valence-corrected chi connectivity index (χ0v) is 15.4. The lowest BCUT2D eigenvalue weighted by molar-refractivity contribution is 0.589. The number of hydrogen-bond donors (Lipinski definition) is 2. The van der Waals surface area contributed by atoms with Gasteiger partial charge in [-0.25, -0.2) is 0 Å². The summed E-state index contributed by atoms with van der Waals surface area (Å²) in [6.45, 7) is 6.08. The molecule has 1 atom stereocenters. The Morgan fingerprint density at radius 2 is 1.96 bits per heavy atom. The quantitative estimate of drug-likeness (QED) is 0.736. The minimum absolute atomic E-state index is 0.0523. The predicted octanol–water partition coefficient (Wildman–Crippen LogP) is 3.26. The van der Waals surface area contributed by atoms with Crippen LogP contribution in [-0.2, 0) is 0 Å². The number of benzene rings is 2. The van der Waals surface area contributed by atoms with Crippen LogP contribution in [0.2, 0.25) is 5.02 Å². The Balaban J connectivity index is 1.65. The molecule has 26 heavy (non-hydrogen) atoms. The summed E-state index contributed by atoms with van der Waals surface area (Å²) in [5.41, 5.74) is 3.12. The third-order valence-corrected chi connectivity index (χ3v) is 4.95. The normalized spacial score (nSPS) is 15.8. The van der Waals surface area contributed by atoms with Crippen LogP contribution in [0.25, 0.3) is 10.9 Å². The average Bonchev–Trinajstić information content (AvgIpc) is 2.68. The van der Waals surface area contributed by atoms with Gasteiger partial charge < -0.3 is 15.5 Å². The number of halogens is 1. The van der Waals surface area contributed by atoms with Gasteiger partial charge in [0.05, 0.1) is 11.6 Å². The van der Waals surface area contributed by atoms with E-state index in [2.05, 4.69) is 50.0 Å². The molecule has 6 nitrogen and oxygen atoms in total. The van der Waals surface area contributed by atoms with Gasteiger partial charge in [0.15, 0.2) is 5.82 Å². The van der Waals surface area contributed by atoms with Crippen LogP contribution in [0.5, 0.6) is 0 Å². The summed E-state index contributed by atoms with van der Waals surface area (Å²) in [7, 11) is 0. The van der Waals surface area contributed by atoms with Crippen molar-refractivity contribution in [2.45, 2.75) is 13.0 Å². The first kappa shape index (κ1) is 17.0. The van der Waals surface area contributed by atoms with Crippen molar-refractivity contribution in [3.05, 3.63) is 53.1 Å². The molecule has 0 bridgehead atoms. The van der Waals surface area contributed by atoms with E-state index in [0.29, 0.717) is 0 Å². The lowest BCUT2D eigenvalue weighted by atomic mass is 10.1. The van der Waals surface area contributed by atoms with Crippen LogP contribution in [-0.4, -0.2) is 41.6 Å². The van der Waals surface area contributed by atoms with Crippen LogP contribution in [0.3, 0.4) is 0 Å². The van der Waals surface area contributed by atoms with E-state index in [1.54, 1.807) is 0 Å². The first-order valence-electron chi connectivity index (χ1n) is 8.81. The molecule has 1 fully saturated rings. The van der Waals surface area contributed by atoms with Crippen molar-refractivity contribution in [3.8, 4) is 0 Å². The molecule has 3 aromatic rings. The fourth-order valence-electron chi connectivity index (χ4n) is 3.26. The number of nitrogens with zero attached hydrogens (tertiary/aromatic N) is 4. The van der Waals surface area contributed by atoms with E-state index in [9.17, 15) is 0 Å². The van der Waals surface area contributed by atoms with E-state index in [1.165, 1.54) is 5.69 Å². The topological polar surface area (TPSA) is 66.0 Å². The SMILES string of the molecule is CC(Nc1nnnc2ccc(N3CCNCC3)cc12)c1cccc(Cl)c1. The molecule has 0 radical (unpaired) electrons. The number of hydrogen-bond acceptors (Lipinski definition) is 6. The highest BCUT2D eigenvalue weighted by Crippen LogP contribution is 2.28. The van der Waals surface area contributed by atoms with E-state index in [1.807, 2.05) is 30.3 Å². The highest BCUT2D eigenvalue weighted by atomic mass is 35.5. The van der Waals surface area contributed by atoms with E-state index < -0.39 is 0 Å². The Bertz CT molecular complexity index is 909. The summed E-state index contributed by atoms with van der Waals surface area (Å²) in [6, 6.07) is 14.2. The summed E-state index contributed by atoms with van der Waals surface area (Å²) in [5.74, 6) is 0.736. The molecule has 2 N–H and O–H groups in total. The van der Waals surface area contributed by atoms with Gasteiger partial charge in [0.2, 0.25) is 0 Å². The molecule has 4 rings (SSSR count). The maximum atomic E-state index is 6.12. The smallest absolute Gasteiger partial charge is 0.160 e. The molecule has 1 aromatic heterocycles. The number of anilines is 2. The summed E-state index contributed by atoms with van der Waals surface area (Å²) >= 11 is 6.12. The molecule has 134 valence electrons. The first-order chi connectivity index (χ1) is 12.7. The zero-order chi connectivity index (χ0) is 17.9. The number of aromatic nitrogens is 3. The Hall–Kier alpha value is -2.44. The minimum Gasteiger partial charge on any atom is -0.369 e. The lowest BCUT2D eigenvalue weighted by Crippen LogP contribution is -2.43. The van der Waals surface area contributed by atoms with Gasteiger partial charge in [-0.2, -0.15) is 0 Å². The van der Waals surface area contributed by atoms with E-state index in [0.717, 1.165) is 53.5 Å². The van der Waals surface area contributed by atoms with E-state index in [4.69, 9.17) is 11.6 Å². The molecule has 1 saturated heterocycles. The van der Waals surface area contributed by atoms with Gasteiger partial charge in [-0.1, -0.05) is 23.7 Å². The molecular weight excluding hydrogens is 348 g/mol. The Morgan fingerprint density at radius 1 is 1.12 bits per heavy atom. The fourth-order valence-corrected chi connectivity index (χ4v) is 3.46. The standard InChI is InChI=1S/C19H21ClN6/c1-13(14-3-2-4-15(20)11-14)22-19-17-12-16(26-9-7-21-8-10-26)5-6-18(17)23-25-24-19/h2-6,11-13,21H,7-10H2,1H3,(H,22,23,24). The van der Waals surface area contributed by atoms with Crippen molar-refractivity contribution in [1.82, 2.24) is 20.7 Å². The van der Waals surface area contributed by atoms with Crippen molar-refractivity contribution in [1.29, 1.82) is 0 Å². The highest BCUT2D eigenvalue weighted by molar-refractivity contribution is 6.30. The zero-order valence-electron chi connectivity index (χ0n) is 14.6. The molecule has 0 saturated carbocycles. The maximum Gasteiger partial charge on any atom is 0.160 e. The van der Waals surface area contributed by atoms with E-state index >= 15 is 0 Å². The van der Waals surface area contributed by atoms with Gasteiger partial charge in [-0.3, -0.25) is 0 Å². The molecule has 2 aromatic carbocycles. The third kappa shape index (κ3) is 3.57. The van der Waals surface area contributed by atoms with Gasteiger partial charge >= 0.3 is 0 Å². The largest absolute Gasteiger partial charge is 0.369 e. The number of piperazine rings is 1. The first-order valence-corrected chi connectivity index (χ1v) is 9.19. The summed E-state index contributed by atoms with van der Waals surface area (Å²) in [6.07, 6.45) is 0. The molecule has 0 spiro atoms. The van der Waals surface area contributed by atoms with Crippen molar-refractivity contribution >= 4 is 34.0 Å². The van der Waals surface area contributed by atoms with Crippen LogP contribution >= 0.6 is 11.6 Å². The van der Waals surface area contributed by atoms with E-state index in [-0.39, 0.29) is 6.04 Å². The van der Waals surface area contributed by atoms with Crippen LogP contribution in [0, 0.1) is 0 Å². The second-order valence-electron chi connectivity index (χ2n) is 6.50. The van der Waals surface area contributed by atoms with Gasteiger partial charge in [-0.15, -0.1) is 10.2 Å². The second-order valence-corrected chi connectivity index (χ2v) is 6.93. The fraction of sp³-hybridized carbons (Fsp3) is 0.316. The van der Waals surface area contributed by atoms with Gasteiger partial charge in [0, 0.05) is 42.3 Å². The Labute approximate surface area is 157 Å². The summed E-state index contributed by atoms with van der Waals surface area (Å²) in [5, 5.41) is 20.9. The summed E-state index contributed by atoms with van der Waals surface area (Å²) < 4.78 is 0. The van der Waals surface area contributed by atoms with Crippen LogP contribution < -0.4 is 15.5 Å². The maximum absolute atomic E-state index is 6.12. The summed E-state index contributed by atoms with van der Waals surface area (Å²) in [4.78, 5) is 2.38. The van der Waals surface area contributed by atoms with Crippen LogP contribution in [0.4, 0.5) is 11.5 Å². The minimum atomic E-state index is 0.0523. The molecule has 7 heteroatoms. The predicted molar refractivity (Wildman–Crippen MR) is 106 cm³/mol. The highest BCUT2D eigenvalue weighted by Gasteiger charge is 2.14. The number of fused-ring (bicyclic) bond motifs is 1. The second kappa shape index (κ2) is 7.43. The molecule has 0 amide bonds. The lowest BCUT2D eigenvalue weighted by Gasteiger charge is -2.29. The van der Waals surface area contributed by atoms with Gasteiger partial charge in [0.25, 0.3) is 0 Å². The number of nitrogens with one attached hydrogen (secondary N) is 2. The Morgan fingerprint density at radius 3 is 2.77 bits per heavy atom. The molecule has 1 unspecified atom stereocenters. The van der Waals surface area contributed by atoms with Crippen LogP contribution in [0.1, 0.15) is 18.5 Å². The number of rotatable bonds is 4. The molecular formula is C19H21ClN6. The molecule has 0 aliphatic carbocycles. The monoisotopic (exact) mass is 368 g/mol. The molecule has 2 heterocycles. The molecule has 1 aliphatic heterocycles. The van der Waals surface area contributed by atoms with Crippen molar-refractivity contribution in [2.24, 2.45) is 0 Å². The van der Waals surface area contributed by atoms with Crippen molar-refractivity contribution in [3.63, 3.8) is 0 Å². The molecule has 1 aliphatic rings. The average molecular weight is 369 g/mol. The third-order valence-electron chi connectivity index (χ3n) is 4.72. The van der Waals surface area contributed by atoms with Crippen molar-refractivity contribution in [2.75, 3.05) is 36.4 Å². The van der Waals surface area contributed by atoms with Crippen molar-refractivity contribution < 1.29 is 0 Å². The van der Waals surface area contributed by atoms with Crippen LogP contribution in [0.15, 0.2) is 42.5 Å². The van der Waals surface area contributed by atoms with Gasteiger partial charge in [0.1, 0.15) is 0 Å². The van der Waals surface area contributed by atoms with Gasteiger partial charge in [-0.05, 0) is 48.0 Å². The Kier molecular flexibility index (Phi) is 4.86.